The van der Waals surface area contributed by atoms with Gasteiger partial charge in [-0.25, -0.2) is 4.79 Å². The maximum absolute atomic E-state index is 13.4. The molecule has 2 rings (SSSR count). The van der Waals surface area contributed by atoms with E-state index in [0.717, 1.165) is 57.8 Å². The Kier molecular flexibility index (Phi) is 12.5. The zero-order valence-electron chi connectivity index (χ0n) is 20.8. The molecule has 35 heavy (non-hydrogen) atoms. The molecule has 0 heterocycles. The fourth-order valence-electron chi connectivity index (χ4n) is 3.76. The average Bonchev–Trinajstić information content (AvgIpc) is 2.88. The molecule has 0 aliphatic rings. The van der Waals surface area contributed by atoms with Crippen molar-refractivity contribution in [2.45, 2.75) is 78.1 Å². The van der Waals surface area contributed by atoms with Crippen molar-refractivity contribution in [1.82, 2.24) is 0 Å². The van der Waals surface area contributed by atoms with Gasteiger partial charge in [-0.1, -0.05) is 83.1 Å². The largest absolute Gasteiger partial charge is 0.513 e. The Morgan fingerprint density at radius 3 is 2.20 bits per heavy atom. The van der Waals surface area contributed by atoms with Gasteiger partial charge in [0.15, 0.2) is 17.9 Å². The van der Waals surface area contributed by atoms with E-state index in [0.29, 0.717) is 18.3 Å². The molecule has 0 N–H and O–H groups in total. The molecule has 0 atom stereocenters. The molecule has 0 bridgehead atoms. The summed E-state index contributed by atoms with van der Waals surface area (Å²) >= 11 is 0. The third-order valence-electron chi connectivity index (χ3n) is 5.80. The van der Waals surface area contributed by atoms with Crippen molar-refractivity contribution in [2.75, 3.05) is 6.61 Å². The highest BCUT2D eigenvalue weighted by atomic mass is 16.7. The maximum Gasteiger partial charge on any atom is 0.513 e. The molecule has 0 aliphatic heterocycles. The number of unbranched alkanes of at least 4 members (excludes halogenated alkanes) is 7. The lowest BCUT2D eigenvalue weighted by atomic mass is 9.95. The molecule has 2 aromatic rings. The van der Waals surface area contributed by atoms with Crippen LogP contribution in [0.4, 0.5) is 4.79 Å². The first-order chi connectivity index (χ1) is 17.0. The maximum atomic E-state index is 13.4. The molecule has 0 spiro atoms. The second-order valence-corrected chi connectivity index (χ2v) is 8.59. The van der Waals surface area contributed by atoms with Gasteiger partial charge in [-0.15, -0.1) is 0 Å². The monoisotopic (exact) mass is 480 g/mol. The van der Waals surface area contributed by atoms with Crippen LogP contribution in [0.5, 0.6) is 5.75 Å². The van der Waals surface area contributed by atoms with Crippen LogP contribution in [0.2, 0.25) is 0 Å². The number of ether oxygens (including phenoxy) is 2. The van der Waals surface area contributed by atoms with Gasteiger partial charge in [-0.05, 0) is 31.0 Å². The highest BCUT2D eigenvalue weighted by Crippen LogP contribution is 2.26. The van der Waals surface area contributed by atoms with Gasteiger partial charge in [0.05, 0.1) is 12.2 Å². The fraction of sp³-hybridized carbons (Fsp3) is 0.448. The van der Waals surface area contributed by atoms with Crippen LogP contribution in [-0.2, 0) is 4.74 Å². The molecule has 0 aliphatic carbocycles. The number of benzene rings is 2. The molecular formula is C29H36O6. The molecule has 0 aromatic heterocycles. The summed E-state index contributed by atoms with van der Waals surface area (Å²) in [7, 11) is 0. The Bertz CT molecular complexity index is 994. The van der Waals surface area contributed by atoms with Gasteiger partial charge >= 0.3 is 6.16 Å². The number of aldehydes is 1. The van der Waals surface area contributed by atoms with Gasteiger partial charge in [0.2, 0.25) is 0 Å². The smallest absolute Gasteiger partial charge is 0.434 e. The quantitative estimate of drug-likeness (QED) is 0.0819. The van der Waals surface area contributed by atoms with Crippen molar-refractivity contribution in [1.29, 1.82) is 0 Å². The van der Waals surface area contributed by atoms with Crippen LogP contribution in [0.1, 0.15) is 115 Å². The van der Waals surface area contributed by atoms with Crippen LogP contribution in [0, 0.1) is 0 Å². The Morgan fingerprint density at radius 2 is 1.49 bits per heavy atom. The minimum atomic E-state index is -0.908. The SMILES string of the molecule is CCCCCCCC(=O)c1ccc(OC(=O)OCCCCCC)c(C(=O)c2ccccc2C=O)c1. The molecule has 2 aromatic carbocycles. The second-order valence-electron chi connectivity index (χ2n) is 8.59. The van der Waals surface area contributed by atoms with Gasteiger partial charge in [0.25, 0.3) is 0 Å². The molecule has 0 fully saturated rings. The summed E-state index contributed by atoms with van der Waals surface area (Å²) in [4.78, 5) is 49.9. The number of hydrogen-bond acceptors (Lipinski definition) is 6. The summed E-state index contributed by atoms with van der Waals surface area (Å²) in [5, 5.41) is 0. The minimum Gasteiger partial charge on any atom is -0.434 e. The summed E-state index contributed by atoms with van der Waals surface area (Å²) in [5.74, 6) is -0.589. The summed E-state index contributed by atoms with van der Waals surface area (Å²) < 4.78 is 10.5. The van der Waals surface area contributed by atoms with E-state index >= 15 is 0 Å². The number of carbonyl (C=O) groups is 4. The highest BCUT2D eigenvalue weighted by Gasteiger charge is 2.22. The van der Waals surface area contributed by atoms with E-state index < -0.39 is 11.9 Å². The molecule has 0 amide bonds. The lowest BCUT2D eigenvalue weighted by Gasteiger charge is -2.12. The Labute approximate surface area is 208 Å². The zero-order chi connectivity index (χ0) is 25.5. The van der Waals surface area contributed by atoms with Crippen molar-refractivity contribution < 1.29 is 28.7 Å². The van der Waals surface area contributed by atoms with Crippen LogP contribution in [0.25, 0.3) is 0 Å². The van der Waals surface area contributed by atoms with E-state index in [9.17, 15) is 19.2 Å². The first-order valence-corrected chi connectivity index (χ1v) is 12.6. The molecule has 0 radical (unpaired) electrons. The van der Waals surface area contributed by atoms with E-state index in [1.54, 1.807) is 18.2 Å². The molecule has 6 nitrogen and oxygen atoms in total. The lowest BCUT2D eigenvalue weighted by molar-refractivity contribution is 0.0954. The van der Waals surface area contributed by atoms with Crippen LogP contribution in [0.3, 0.4) is 0 Å². The van der Waals surface area contributed by atoms with Gasteiger partial charge in [0.1, 0.15) is 5.75 Å². The van der Waals surface area contributed by atoms with Crippen molar-refractivity contribution in [2.24, 2.45) is 0 Å². The van der Waals surface area contributed by atoms with Crippen LogP contribution in [-0.4, -0.2) is 30.6 Å². The van der Waals surface area contributed by atoms with Crippen LogP contribution < -0.4 is 4.74 Å². The highest BCUT2D eigenvalue weighted by molar-refractivity contribution is 6.15. The van der Waals surface area contributed by atoms with Crippen LogP contribution in [0.15, 0.2) is 42.5 Å². The normalized spacial score (nSPS) is 10.6. The predicted molar refractivity (Wildman–Crippen MR) is 136 cm³/mol. The van der Waals surface area contributed by atoms with E-state index in [4.69, 9.17) is 9.47 Å². The van der Waals surface area contributed by atoms with Crippen molar-refractivity contribution >= 4 is 24.0 Å². The number of hydrogen-bond donors (Lipinski definition) is 0. The number of ketones is 2. The first kappa shape index (κ1) is 28.0. The lowest BCUT2D eigenvalue weighted by Crippen LogP contribution is -2.15. The van der Waals surface area contributed by atoms with E-state index in [-0.39, 0.29) is 34.8 Å². The minimum absolute atomic E-state index is 0.00578. The summed E-state index contributed by atoms with van der Waals surface area (Å²) in [6, 6.07) is 10.8. The third kappa shape index (κ3) is 9.12. The fourth-order valence-corrected chi connectivity index (χ4v) is 3.76. The molecular weight excluding hydrogens is 444 g/mol. The van der Waals surface area contributed by atoms with Gasteiger partial charge in [-0.2, -0.15) is 0 Å². The summed E-state index contributed by atoms with van der Waals surface area (Å²) in [6.07, 6.45) is 8.99. The Balaban J connectivity index is 2.23. The van der Waals surface area contributed by atoms with Gasteiger partial charge < -0.3 is 9.47 Å². The Hall–Kier alpha value is -3.28. The topological polar surface area (TPSA) is 86.7 Å². The summed E-state index contributed by atoms with van der Waals surface area (Å²) in [5.41, 5.74) is 0.797. The number of Topliss-reactive ketones (excluding diaryl/α,β-unsaturated/α-hetero) is 1. The first-order valence-electron chi connectivity index (χ1n) is 12.6. The molecule has 0 saturated carbocycles. The number of carbonyl (C=O) groups excluding carboxylic acids is 4. The van der Waals surface area contributed by atoms with Crippen molar-refractivity contribution in [3.63, 3.8) is 0 Å². The Morgan fingerprint density at radius 1 is 0.800 bits per heavy atom. The molecule has 0 saturated heterocycles. The molecule has 188 valence electrons. The molecule has 0 unspecified atom stereocenters. The van der Waals surface area contributed by atoms with Crippen LogP contribution >= 0.6 is 0 Å². The van der Waals surface area contributed by atoms with Crippen molar-refractivity contribution in [3.05, 3.63) is 64.7 Å². The van der Waals surface area contributed by atoms with E-state index in [2.05, 4.69) is 13.8 Å². The molecule has 6 heteroatoms. The number of rotatable bonds is 16. The van der Waals surface area contributed by atoms with E-state index in [1.807, 2.05) is 0 Å². The predicted octanol–water partition coefficient (Wildman–Crippen LogP) is 7.37. The van der Waals surface area contributed by atoms with Gasteiger partial charge in [0, 0.05) is 23.1 Å². The van der Waals surface area contributed by atoms with Gasteiger partial charge in [-0.3, -0.25) is 14.4 Å². The van der Waals surface area contributed by atoms with Crippen molar-refractivity contribution in [3.8, 4) is 5.75 Å². The zero-order valence-corrected chi connectivity index (χ0v) is 20.8. The average molecular weight is 481 g/mol. The second kappa shape index (κ2) is 15.6. The third-order valence-corrected chi connectivity index (χ3v) is 5.80. The standard InChI is InChI=1S/C29H36O6/c1-3-5-7-9-10-16-26(31)22-17-18-27(35-29(33)34-19-13-8-6-4-2)25(20-22)28(32)24-15-12-11-14-23(24)21-30/h11-12,14-15,17-18,20-21H,3-10,13,16,19H2,1-2H3. The summed E-state index contributed by atoms with van der Waals surface area (Å²) in [6.45, 7) is 4.46. The van der Waals surface area contributed by atoms with E-state index in [1.165, 1.54) is 24.3 Å².